The van der Waals surface area contributed by atoms with Gasteiger partial charge in [0.05, 0.1) is 11.2 Å². The molecule has 0 aliphatic rings. The lowest BCUT2D eigenvalue weighted by Crippen LogP contribution is -2.03. The van der Waals surface area contributed by atoms with E-state index in [-0.39, 0.29) is 0 Å². The van der Waals surface area contributed by atoms with E-state index in [2.05, 4.69) is 37.7 Å². The molecule has 0 aliphatic heterocycles. The molecule has 0 radical (unpaired) electrons. The molecule has 0 atom stereocenters. The Kier molecular flexibility index (Phi) is 3.39. The molecule has 0 saturated heterocycles. The predicted octanol–water partition coefficient (Wildman–Crippen LogP) is 3.43. The van der Waals surface area contributed by atoms with Gasteiger partial charge in [-0.1, -0.05) is 18.2 Å². The molecule has 106 valence electrons. The summed E-state index contributed by atoms with van der Waals surface area (Å²) < 4.78 is 0. The minimum atomic E-state index is 0.590. The summed E-state index contributed by atoms with van der Waals surface area (Å²) in [6.07, 6.45) is 1.80. The van der Waals surface area contributed by atoms with Gasteiger partial charge in [-0.15, -0.1) is 0 Å². The Hall–Kier alpha value is -2.69. The van der Waals surface area contributed by atoms with E-state index < -0.39 is 0 Å². The quantitative estimate of drug-likeness (QED) is 0.769. The van der Waals surface area contributed by atoms with Crippen LogP contribution in [-0.4, -0.2) is 22.0 Å². The van der Waals surface area contributed by atoms with Gasteiger partial charge in [-0.2, -0.15) is 4.98 Å². The summed E-state index contributed by atoms with van der Waals surface area (Å²) in [7, 11) is 1.80. The molecule has 3 rings (SSSR count). The number of rotatable bonds is 3. The zero-order valence-electron chi connectivity index (χ0n) is 12.3. The van der Waals surface area contributed by atoms with Crippen LogP contribution in [0.5, 0.6) is 0 Å². The van der Waals surface area contributed by atoms with Crippen LogP contribution in [0.15, 0.2) is 36.5 Å². The highest BCUT2D eigenvalue weighted by Crippen LogP contribution is 2.26. The minimum absolute atomic E-state index is 0.590. The highest BCUT2D eigenvalue weighted by atomic mass is 15.1. The van der Waals surface area contributed by atoms with Gasteiger partial charge in [0.2, 0.25) is 5.95 Å². The van der Waals surface area contributed by atoms with Crippen LogP contribution in [0.2, 0.25) is 0 Å². The van der Waals surface area contributed by atoms with E-state index in [1.165, 1.54) is 0 Å². The molecule has 5 heteroatoms. The molecule has 0 spiro atoms. The van der Waals surface area contributed by atoms with Crippen LogP contribution in [0.25, 0.3) is 10.9 Å². The van der Waals surface area contributed by atoms with Crippen molar-refractivity contribution in [1.29, 1.82) is 0 Å². The molecule has 0 saturated carbocycles. The molecule has 2 aromatic heterocycles. The van der Waals surface area contributed by atoms with Crippen molar-refractivity contribution in [3.8, 4) is 0 Å². The van der Waals surface area contributed by atoms with Crippen molar-refractivity contribution in [3.63, 3.8) is 0 Å². The standard InChI is InChI=1S/C16H17N5/c1-10-9-18-16(17-3)21-15(10)20-13-6-4-5-12-8-7-11(2)19-14(12)13/h4-9H,1-3H3,(H2,17,18,20,21). The maximum atomic E-state index is 4.62. The fraction of sp³-hybridized carbons (Fsp3) is 0.188. The summed E-state index contributed by atoms with van der Waals surface area (Å²) in [4.78, 5) is 13.3. The first-order chi connectivity index (χ1) is 10.2. The van der Waals surface area contributed by atoms with E-state index in [4.69, 9.17) is 0 Å². The number of hydrogen-bond acceptors (Lipinski definition) is 5. The van der Waals surface area contributed by atoms with Gasteiger partial charge >= 0.3 is 0 Å². The molecule has 5 nitrogen and oxygen atoms in total. The smallest absolute Gasteiger partial charge is 0.224 e. The fourth-order valence-corrected chi connectivity index (χ4v) is 2.16. The number of aryl methyl sites for hydroxylation is 2. The Bertz CT molecular complexity index is 798. The molecule has 0 unspecified atom stereocenters. The van der Waals surface area contributed by atoms with Crippen LogP contribution in [0, 0.1) is 13.8 Å². The number of benzene rings is 1. The van der Waals surface area contributed by atoms with E-state index in [9.17, 15) is 0 Å². The molecule has 0 amide bonds. The number of anilines is 3. The maximum absolute atomic E-state index is 4.62. The lowest BCUT2D eigenvalue weighted by atomic mass is 10.1. The van der Waals surface area contributed by atoms with Crippen LogP contribution in [0.1, 0.15) is 11.3 Å². The number of para-hydroxylation sites is 1. The van der Waals surface area contributed by atoms with Crippen molar-refractivity contribution in [3.05, 3.63) is 47.8 Å². The van der Waals surface area contributed by atoms with Crippen molar-refractivity contribution in [1.82, 2.24) is 15.0 Å². The maximum Gasteiger partial charge on any atom is 0.224 e. The Labute approximate surface area is 123 Å². The molecule has 0 bridgehead atoms. The van der Waals surface area contributed by atoms with Gasteiger partial charge in [-0.3, -0.25) is 4.98 Å². The number of nitrogens with one attached hydrogen (secondary N) is 2. The third-order valence-electron chi connectivity index (χ3n) is 3.31. The molecule has 1 aromatic carbocycles. The second-order valence-corrected chi connectivity index (χ2v) is 4.93. The van der Waals surface area contributed by atoms with Gasteiger partial charge in [-0.05, 0) is 26.0 Å². The molecule has 3 aromatic rings. The fourth-order valence-electron chi connectivity index (χ4n) is 2.16. The van der Waals surface area contributed by atoms with Crippen molar-refractivity contribution in [2.45, 2.75) is 13.8 Å². The van der Waals surface area contributed by atoms with Crippen LogP contribution in [-0.2, 0) is 0 Å². The molecular formula is C16H17N5. The highest BCUT2D eigenvalue weighted by molar-refractivity contribution is 5.92. The van der Waals surface area contributed by atoms with E-state index in [1.807, 2.05) is 32.0 Å². The highest BCUT2D eigenvalue weighted by Gasteiger charge is 2.07. The zero-order chi connectivity index (χ0) is 14.8. The van der Waals surface area contributed by atoms with Crippen LogP contribution >= 0.6 is 0 Å². The summed E-state index contributed by atoms with van der Waals surface area (Å²) in [6, 6.07) is 10.2. The van der Waals surface area contributed by atoms with E-state index in [1.54, 1.807) is 13.2 Å². The number of hydrogen-bond donors (Lipinski definition) is 2. The largest absolute Gasteiger partial charge is 0.357 e. The van der Waals surface area contributed by atoms with E-state index in [0.29, 0.717) is 5.95 Å². The monoisotopic (exact) mass is 279 g/mol. The van der Waals surface area contributed by atoms with Gasteiger partial charge in [0.25, 0.3) is 0 Å². The molecule has 21 heavy (non-hydrogen) atoms. The number of fused-ring (bicyclic) bond motifs is 1. The van der Waals surface area contributed by atoms with Gasteiger partial charge in [0.15, 0.2) is 0 Å². The molecular weight excluding hydrogens is 262 g/mol. The Morgan fingerprint density at radius 1 is 1.00 bits per heavy atom. The summed E-state index contributed by atoms with van der Waals surface area (Å²) in [5.41, 5.74) is 3.87. The first kappa shape index (κ1) is 13.3. The van der Waals surface area contributed by atoms with Gasteiger partial charge in [-0.25, -0.2) is 4.98 Å². The Balaban J connectivity index is 2.08. The minimum Gasteiger partial charge on any atom is -0.357 e. The number of pyridine rings is 1. The van der Waals surface area contributed by atoms with Crippen LogP contribution in [0.4, 0.5) is 17.5 Å². The zero-order valence-corrected chi connectivity index (χ0v) is 12.3. The third-order valence-corrected chi connectivity index (χ3v) is 3.31. The summed E-state index contributed by atoms with van der Waals surface area (Å²) in [6.45, 7) is 3.97. The van der Waals surface area contributed by atoms with E-state index >= 15 is 0 Å². The van der Waals surface area contributed by atoms with Crippen molar-refractivity contribution < 1.29 is 0 Å². The van der Waals surface area contributed by atoms with E-state index in [0.717, 1.165) is 33.7 Å². The predicted molar refractivity (Wildman–Crippen MR) is 86.1 cm³/mol. The third kappa shape index (κ3) is 2.63. The second-order valence-electron chi connectivity index (χ2n) is 4.93. The van der Waals surface area contributed by atoms with Gasteiger partial charge in [0.1, 0.15) is 5.82 Å². The molecule has 2 heterocycles. The topological polar surface area (TPSA) is 62.7 Å². The van der Waals surface area contributed by atoms with Gasteiger partial charge in [0, 0.05) is 29.9 Å². The normalized spacial score (nSPS) is 10.6. The molecule has 0 fully saturated rings. The average molecular weight is 279 g/mol. The van der Waals surface area contributed by atoms with Crippen molar-refractivity contribution >= 4 is 28.4 Å². The van der Waals surface area contributed by atoms with Crippen LogP contribution < -0.4 is 10.6 Å². The number of aromatic nitrogens is 3. The first-order valence-electron chi connectivity index (χ1n) is 6.82. The number of nitrogens with zero attached hydrogens (tertiary/aromatic N) is 3. The molecule has 2 N–H and O–H groups in total. The Morgan fingerprint density at radius 2 is 1.86 bits per heavy atom. The Morgan fingerprint density at radius 3 is 2.67 bits per heavy atom. The van der Waals surface area contributed by atoms with Crippen molar-refractivity contribution in [2.75, 3.05) is 17.7 Å². The second kappa shape index (κ2) is 5.36. The lowest BCUT2D eigenvalue weighted by molar-refractivity contribution is 1.12. The lowest BCUT2D eigenvalue weighted by Gasteiger charge is -2.11. The van der Waals surface area contributed by atoms with Gasteiger partial charge < -0.3 is 10.6 Å². The van der Waals surface area contributed by atoms with Crippen molar-refractivity contribution in [2.24, 2.45) is 0 Å². The first-order valence-corrected chi connectivity index (χ1v) is 6.82. The average Bonchev–Trinajstić information content (AvgIpc) is 2.50. The SMILES string of the molecule is CNc1ncc(C)c(Nc2cccc3ccc(C)nc23)n1. The molecule has 0 aliphatic carbocycles. The summed E-state index contributed by atoms with van der Waals surface area (Å²) in [5.74, 6) is 1.37. The summed E-state index contributed by atoms with van der Waals surface area (Å²) >= 11 is 0. The summed E-state index contributed by atoms with van der Waals surface area (Å²) in [5, 5.41) is 7.42. The van der Waals surface area contributed by atoms with Crippen LogP contribution in [0.3, 0.4) is 0 Å².